The Balaban J connectivity index is 2.19. The number of ether oxygens (including phenoxy) is 1. The largest absolute Gasteiger partial charge is 0.454 e. The molecule has 0 atom stereocenters. The second-order valence-corrected chi connectivity index (χ2v) is 6.64. The van der Waals surface area contributed by atoms with Crippen molar-refractivity contribution in [2.24, 2.45) is 15.8 Å². The van der Waals surface area contributed by atoms with Crippen LogP contribution in [0.2, 0.25) is 0 Å². The first-order valence-electron chi connectivity index (χ1n) is 9.32. The summed E-state index contributed by atoms with van der Waals surface area (Å²) >= 11 is 0. The zero-order chi connectivity index (χ0) is 22.7. The number of anilines is 1. The lowest BCUT2D eigenvalue weighted by Crippen LogP contribution is -2.31. The molecule has 1 aliphatic rings. The third-order valence-electron chi connectivity index (χ3n) is 4.66. The van der Waals surface area contributed by atoms with Crippen molar-refractivity contribution in [3.63, 3.8) is 0 Å². The fourth-order valence-corrected chi connectivity index (χ4v) is 2.99. The van der Waals surface area contributed by atoms with Crippen molar-refractivity contribution in [2.45, 2.75) is 13.8 Å². The van der Waals surface area contributed by atoms with Crippen molar-refractivity contribution in [3.05, 3.63) is 76.6 Å². The molecule has 1 aliphatic heterocycles. The Morgan fingerprint density at radius 2 is 1.94 bits per heavy atom. The monoisotopic (exact) mass is 424 g/mol. The topological polar surface area (TPSA) is 113 Å². The second-order valence-electron chi connectivity index (χ2n) is 6.64. The smallest absolute Gasteiger partial charge is 0.168 e. The van der Waals surface area contributed by atoms with E-state index in [9.17, 15) is 8.78 Å². The first-order chi connectivity index (χ1) is 14.8. The van der Waals surface area contributed by atoms with Crippen molar-refractivity contribution in [1.29, 1.82) is 5.41 Å². The number of nitrogens with one attached hydrogen (secondary N) is 1. The van der Waals surface area contributed by atoms with Crippen LogP contribution in [0.1, 0.15) is 25.0 Å². The summed E-state index contributed by atoms with van der Waals surface area (Å²) in [6.07, 6.45) is 4.50. The zero-order valence-corrected chi connectivity index (χ0v) is 17.3. The van der Waals surface area contributed by atoms with E-state index < -0.39 is 11.6 Å². The molecule has 31 heavy (non-hydrogen) atoms. The van der Waals surface area contributed by atoms with Gasteiger partial charge in [0.05, 0.1) is 17.1 Å². The highest BCUT2D eigenvalue weighted by Gasteiger charge is 2.23. The summed E-state index contributed by atoms with van der Waals surface area (Å²) in [5, 5.41) is 13.8. The Bertz CT molecular complexity index is 1170. The van der Waals surface area contributed by atoms with Crippen molar-refractivity contribution in [1.82, 2.24) is 5.01 Å². The van der Waals surface area contributed by atoms with Crippen LogP contribution in [-0.2, 0) is 0 Å². The molecule has 0 aromatic heterocycles. The van der Waals surface area contributed by atoms with Gasteiger partial charge in [-0.15, -0.1) is 0 Å². The molecule has 0 saturated carbocycles. The summed E-state index contributed by atoms with van der Waals surface area (Å²) in [7, 11) is 1.63. The van der Waals surface area contributed by atoms with Crippen LogP contribution in [0.4, 0.5) is 14.5 Å². The molecule has 2 aromatic carbocycles. The number of rotatable bonds is 4. The van der Waals surface area contributed by atoms with E-state index in [2.05, 4.69) is 10.1 Å². The predicted octanol–water partition coefficient (Wildman–Crippen LogP) is 4.15. The molecule has 160 valence electrons. The molecule has 0 saturated heterocycles. The van der Waals surface area contributed by atoms with Gasteiger partial charge in [-0.3, -0.25) is 4.99 Å². The molecule has 2 aromatic rings. The van der Waals surface area contributed by atoms with Crippen LogP contribution in [0, 0.1) is 17.0 Å². The molecule has 0 radical (unpaired) electrons. The van der Waals surface area contributed by atoms with Gasteiger partial charge in [-0.2, -0.15) is 5.10 Å². The SMILES string of the molecule is C/C=C1\C(N)=CC(c2cc(N)c(C=N)cc2Oc2ccc(F)cc2F)=NN1C(C)=NC. The number of hydrogen-bond donors (Lipinski definition) is 3. The Morgan fingerprint density at radius 3 is 2.55 bits per heavy atom. The summed E-state index contributed by atoms with van der Waals surface area (Å²) in [6, 6.07) is 6.05. The molecule has 0 bridgehead atoms. The Kier molecular flexibility index (Phi) is 6.15. The summed E-state index contributed by atoms with van der Waals surface area (Å²) in [6.45, 7) is 3.61. The van der Waals surface area contributed by atoms with E-state index in [1.165, 1.54) is 12.1 Å². The average molecular weight is 424 g/mol. The molecule has 3 rings (SSSR count). The summed E-state index contributed by atoms with van der Waals surface area (Å²) in [5.74, 6) is -1.01. The Morgan fingerprint density at radius 1 is 1.19 bits per heavy atom. The van der Waals surface area contributed by atoms with Gasteiger partial charge in [0.25, 0.3) is 0 Å². The maximum absolute atomic E-state index is 14.2. The number of nitrogens with zero attached hydrogens (tertiary/aromatic N) is 3. The number of benzene rings is 2. The number of hydrazone groups is 1. The highest BCUT2D eigenvalue weighted by Crippen LogP contribution is 2.33. The minimum absolute atomic E-state index is 0.177. The molecule has 0 amide bonds. The molecule has 0 unspecified atom stereocenters. The second kappa shape index (κ2) is 8.78. The number of aliphatic imine (C=N–C) groups is 1. The molecular weight excluding hydrogens is 402 g/mol. The van der Waals surface area contributed by atoms with Gasteiger partial charge in [0.2, 0.25) is 0 Å². The first kappa shape index (κ1) is 21.7. The lowest BCUT2D eigenvalue weighted by Gasteiger charge is -2.27. The lowest BCUT2D eigenvalue weighted by atomic mass is 10.0. The normalized spacial score (nSPS) is 15.6. The zero-order valence-electron chi connectivity index (χ0n) is 17.3. The molecule has 0 aliphatic carbocycles. The number of nitrogens with two attached hydrogens (primary N) is 2. The molecule has 9 heteroatoms. The quantitative estimate of drug-likeness (QED) is 0.389. The summed E-state index contributed by atoms with van der Waals surface area (Å²) in [4.78, 5) is 4.17. The minimum Gasteiger partial charge on any atom is -0.454 e. The van der Waals surface area contributed by atoms with E-state index in [4.69, 9.17) is 21.6 Å². The molecular formula is C22H22F2N6O. The van der Waals surface area contributed by atoms with Gasteiger partial charge in [-0.25, -0.2) is 13.8 Å². The molecule has 7 nitrogen and oxygen atoms in total. The number of amidine groups is 1. The van der Waals surface area contributed by atoms with E-state index in [0.29, 0.717) is 39.8 Å². The third-order valence-corrected chi connectivity index (χ3v) is 4.66. The van der Waals surface area contributed by atoms with Crippen molar-refractivity contribution >= 4 is 23.4 Å². The van der Waals surface area contributed by atoms with Gasteiger partial charge in [-0.1, -0.05) is 6.08 Å². The fraction of sp³-hybridized carbons (Fsp3) is 0.136. The van der Waals surface area contributed by atoms with Crippen LogP contribution < -0.4 is 16.2 Å². The fourth-order valence-electron chi connectivity index (χ4n) is 2.99. The molecule has 5 N–H and O–H groups in total. The predicted molar refractivity (Wildman–Crippen MR) is 119 cm³/mol. The van der Waals surface area contributed by atoms with E-state index in [1.54, 1.807) is 37.2 Å². The minimum atomic E-state index is -0.869. The third kappa shape index (κ3) is 4.30. The first-order valence-corrected chi connectivity index (χ1v) is 9.32. The number of hydrogen-bond acceptors (Lipinski definition) is 6. The van der Waals surface area contributed by atoms with Crippen LogP contribution in [0.3, 0.4) is 0 Å². The van der Waals surface area contributed by atoms with Gasteiger partial charge >= 0.3 is 0 Å². The summed E-state index contributed by atoms with van der Waals surface area (Å²) in [5.41, 5.74) is 14.9. The van der Waals surface area contributed by atoms with Crippen molar-refractivity contribution in [2.75, 3.05) is 12.8 Å². The van der Waals surface area contributed by atoms with E-state index in [0.717, 1.165) is 18.3 Å². The maximum atomic E-state index is 14.2. The Labute approximate surface area is 178 Å². The van der Waals surface area contributed by atoms with Gasteiger partial charge in [-0.05, 0) is 44.2 Å². The van der Waals surface area contributed by atoms with Crippen LogP contribution >= 0.6 is 0 Å². The lowest BCUT2D eigenvalue weighted by molar-refractivity contribution is 0.436. The average Bonchev–Trinajstić information content (AvgIpc) is 2.75. The number of allylic oxidation sites excluding steroid dienone is 2. The highest BCUT2D eigenvalue weighted by atomic mass is 19.1. The van der Waals surface area contributed by atoms with E-state index in [-0.39, 0.29) is 11.5 Å². The van der Waals surface area contributed by atoms with Crippen molar-refractivity contribution < 1.29 is 13.5 Å². The number of halogens is 2. The van der Waals surface area contributed by atoms with Crippen LogP contribution in [0.15, 0.2) is 64.0 Å². The van der Waals surface area contributed by atoms with Crippen molar-refractivity contribution in [3.8, 4) is 11.5 Å². The van der Waals surface area contributed by atoms with E-state index >= 15 is 0 Å². The van der Waals surface area contributed by atoms with Gasteiger partial charge in [0.15, 0.2) is 11.6 Å². The standard InChI is InChI=1S/C22H22F2N6O/c1-4-20-18(27)10-19(29-30(20)12(2)28-3)15-9-17(26)13(11-25)7-22(15)31-21-6-5-14(23)8-16(21)24/h4-11,25H,26-27H2,1-3H3/b20-4+,25-11?,28-12?. The van der Waals surface area contributed by atoms with Crippen LogP contribution in [0.5, 0.6) is 11.5 Å². The van der Waals surface area contributed by atoms with Gasteiger partial charge < -0.3 is 21.6 Å². The van der Waals surface area contributed by atoms with Gasteiger partial charge in [0, 0.05) is 36.1 Å². The van der Waals surface area contributed by atoms with Gasteiger partial charge in [0.1, 0.15) is 17.4 Å². The molecule has 1 heterocycles. The molecule has 0 spiro atoms. The highest BCUT2D eigenvalue weighted by molar-refractivity contribution is 6.13. The maximum Gasteiger partial charge on any atom is 0.168 e. The van der Waals surface area contributed by atoms with Crippen LogP contribution in [-0.4, -0.2) is 29.8 Å². The number of nitrogen functional groups attached to an aromatic ring is 1. The molecule has 0 fully saturated rings. The van der Waals surface area contributed by atoms with E-state index in [1.807, 2.05) is 6.92 Å². The van der Waals surface area contributed by atoms with Crippen LogP contribution in [0.25, 0.3) is 0 Å². The Hall–Kier alpha value is -4.01. The summed E-state index contributed by atoms with van der Waals surface area (Å²) < 4.78 is 33.2.